The summed E-state index contributed by atoms with van der Waals surface area (Å²) in [6.07, 6.45) is 0.813. The molecule has 0 aliphatic heterocycles. The molecule has 0 unspecified atom stereocenters. The maximum Gasteiger partial charge on any atom is 0.315 e. The fourth-order valence-electron chi connectivity index (χ4n) is 1.80. The molecule has 0 aliphatic rings. The van der Waals surface area contributed by atoms with Crippen molar-refractivity contribution in [3.63, 3.8) is 0 Å². The summed E-state index contributed by atoms with van der Waals surface area (Å²) in [6, 6.07) is 5.19. The number of rotatable bonds is 9. The average molecular weight is 281 g/mol. The first-order chi connectivity index (χ1) is 9.56. The van der Waals surface area contributed by atoms with Crippen molar-refractivity contribution >= 4 is 17.1 Å². The van der Waals surface area contributed by atoms with E-state index in [0.29, 0.717) is 30.4 Å². The molecule has 0 bridgehead atoms. The standard InChI is InChI=1S/C14H23N3O3/c1-11(2)10-20-9-5-8-16-13-7-4-6-12(15-3)14(13)17(18)19/h4,6-7,11,15-16H,5,8-10H2,1-3H3. The highest BCUT2D eigenvalue weighted by Gasteiger charge is 2.18. The number of nitro benzene ring substituents is 1. The second-order valence-corrected chi connectivity index (χ2v) is 4.96. The zero-order valence-electron chi connectivity index (χ0n) is 12.3. The summed E-state index contributed by atoms with van der Waals surface area (Å²) in [4.78, 5) is 10.7. The molecule has 6 heteroatoms. The highest BCUT2D eigenvalue weighted by atomic mass is 16.6. The predicted molar refractivity (Wildman–Crippen MR) is 81.4 cm³/mol. The molecule has 6 nitrogen and oxygen atoms in total. The second kappa shape index (κ2) is 8.37. The number of anilines is 2. The monoisotopic (exact) mass is 281 g/mol. The van der Waals surface area contributed by atoms with Gasteiger partial charge in [0.05, 0.1) is 4.92 Å². The Morgan fingerprint density at radius 1 is 1.35 bits per heavy atom. The zero-order valence-corrected chi connectivity index (χ0v) is 12.3. The van der Waals surface area contributed by atoms with E-state index in [0.717, 1.165) is 13.0 Å². The fourth-order valence-corrected chi connectivity index (χ4v) is 1.80. The van der Waals surface area contributed by atoms with Gasteiger partial charge in [0.2, 0.25) is 0 Å². The van der Waals surface area contributed by atoms with Crippen LogP contribution in [0.1, 0.15) is 20.3 Å². The molecule has 0 saturated heterocycles. The number of nitrogens with one attached hydrogen (secondary N) is 2. The smallest absolute Gasteiger partial charge is 0.315 e. The Morgan fingerprint density at radius 3 is 2.65 bits per heavy atom. The number of ether oxygens (including phenoxy) is 1. The Hall–Kier alpha value is -1.82. The number of benzene rings is 1. The Kier molecular flexibility index (Phi) is 6.79. The summed E-state index contributed by atoms with van der Waals surface area (Å²) in [5.41, 5.74) is 1.12. The summed E-state index contributed by atoms with van der Waals surface area (Å²) >= 11 is 0. The number of nitrogens with zero attached hydrogens (tertiary/aromatic N) is 1. The van der Waals surface area contributed by atoms with Crippen LogP contribution in [0.15, 0.2) is 18.2 Å². The Bertz CT molecular complexity index is 436. The fraction of sp³-hybridized carbons (Fsp3) is 0.571. The minimum absolute atomic E-state index is 0.0816. The van der Waals surface area contributed by atoms with E-state index in [-0.39, 0.29) is 10.6 Å². The van der Waals surface area contributed by atoms with Gasteiger partial charge in [-0.05, 0) is 24.5 Å². The molecule has 0 radical (unpaired) electrons. The van der Waals surface area contributed by atoms with Gasteiger partial charge in [-0.1, -0.05) is 19.9 Å². The summed E-state index contributed by atoms with van der Waals surface area (Å²) in [7, 11) is 1.67. The predicted octanol–water partition coefficient (Wildman–Crippen LogP) is 3.11. The molecule has 20 heavy (non-hydrogen) atoms. The van der Waals surface area contributed by atoms with E-state index in [1.54, 1.807) is 25.2 Å². The SMILES string of the molecule is CNc1cccc(NCCCOCC(C)C)c1[N+](=O)[O-]. The molecule has 1 rings (SSSR count). The summed E-state index contributed by atoms with van der Waals surface area (Å²) < 4.78 is 5.47. The van der Waals surface area contributed by atoms with E-state index in [9.17, 15) is 10.1 Å². The largest absolute Gasteiger partial charge is 0.382 e. The first kappa shape index (κ1) is 16.2. The third-order valence-corrected chi connectivity index (χ3v) is 2.72. The van der Waals surface area contributed by atoms with Crippen molar-refractivity contribution in [1.82, 2.24) is 0 Å². The Morgan fingerprint density at radius 2 is 2.05 bits per heavy atom. The van der Waals surface area contributed by atoms with Crippen LogP contribution in [0.2, 0.25) is 0 Å². The highest BCUT2D eigenvalue weighted by molar-refractivity contribution is 5.75. The topological polar surface area (TPSA) is 76.4 Å². The molecule has 0 heterocycles. The lowest BCUT2D eigenvalue weighted by atomic mass is 10.2. The lowest BCUT2D eigenvalue weighted by Crippen LogP contribution is -2.10. The molecule has 0 fully saturated rings. The molecule has 0 spiro atoms. The van der Waals surface area contributed by atoms with Crippen molar-refractivity contribution in [1.29, 1.82) is 0 Å². The van der Waals surface area contributed by atoms with Crippen LogP contribution in [-0.4, -0.2) is 31.7 Å². The van der Waals surface area contributed by atoms with Crippen molar-refractivity contribution < 1.29 is 9.66 Å². The molecule has 2 N–H and O–H groups in total. The summed E-state index contributed by atoms with van der Waals surface area (Å²) in [5.74, 6) is 0.524. The van der Waals surface area contributed by atoms with Gasteiger partial charge in [-0.25, -0.2) is 0 Å². The van der Waals surface area contributed by atoms with E-state index in [4.69, 9.17) is 4.74 Å². The Balaban J connectivity index is 2.49. The number of hydrogen-bond acceptors (Lipinski definition) is 5. The maximum absolute atomic E-state index is 11.1. The van der Waals surface area contributed by atoms with Gasteiger partial charge in [-0.3, -0.25) is 10.1 Å². The lowest BCUT2D eigenvalue weighted by molar-refractivity contribution is -0.383. The molecule has 1 aromatic rings. The first-order valence-electron chi connectivity index (χ1n) is 6.83. The lowest BCUT2D eigenvalue weighted by Gasteiger charge is -2.10. The molecular formula is C14H23N3O3. The van der Waals surface area contributed by atoms with Gasteiger partial charge in [-0.2, -0.15) is 0 Å². The quantitative estimate of drug-likeness (QED) is 0.413. The van der Waals surface area contributed by atoms with Crippen LogP contribution in [0.25, 0.3) is 0 Å². The Labute approximate surface area is 119 Å². The minimum Gasteiger partial charge on any atom is -0.382 e. The normalized spacial score (nSPS) is 10.6. The van der Waals surface area contributed by atoms with Crippen molar-refractivity contribution in [2.75, 3.05) is 37.4 Å². The van der Waals surface area contributed by atoms with E-state index in [1.165, 1.54) is 0 Å². The summed E-state index contributed by atoms with van der Waals surface area (Å²) in [6.45, 7) is 6.25. The molecule has 0 aliphatic carbocycles. The van der Waals surface area contributed by atoms with Gasteiger partial charge in [0.1, 0.15) is 11.4 Å². The van der Waals surface area contributed by atoms with Crippen molar-refractivity contribution in [3.05, 3.63) is 28.3 Å². The van der Waals surface area contributed by atoms with E-state index in [2.05, 4.69) is 24.5 Å². The molecular weight excluding hydrogens is 258 g/mol. The first-order valence-corrected chi connectivity index (χ1v) is 6.83. The van der Waals surface area contributed by atoms with Gasteiger partial charge >= 0.3 is 5.69 Å². The maximum atomic E-state index is 11.1. The van der Waals surface area contributed by atoms with Crippen molar-refractivity contribution in [2.45, 2.75) is 20.3 Å². The minimum atomic E-state index is -0.372. The van der Waals surface area contributed by atoms with Gasteiger partial charge in [0.25, 0.3) is 0 Å². The molecule has 0 saturated carbocycles. The van der Waals surface area contributed by atoms with Crippen LogP contribution in [-0.2, 0) is 4.74 Å². The van der Waals surface area contributed by atoms with Crippen LogP contribution in [0.5, 0.6) is 0 Å². The van der Waals surface area contributed by atoms with Gasteiger partial charge in [0, 0.05) is 26.8 Å². The molecule has 0 atom stereocenters. The zero-order chi connectivity index (χ0) is 15.0. The van der Waals surface area contributed by atoms with E-state index in [1.807, 2.05) is 0 Å². The number of para-hydroxylation sites is 1. The number of hydrogen-bond donors (Lipinski definition) is 2. The van der Waals surface area contributed by atoms with Crippen LogP contribution in [0.4, 0.5) is 17.1 Å². The van der Waals surface area contributed by atoms with E-state index < -0.39 is 0 Å². The van der Waals surface area contributed by atoms with Gasteiger partial charge in [-0.15, -0.1) is 0 Å². The van der Waals surface area contributed by atoms with Crippen molar-refractivity contribution in [2.24, 2.45) is 5.92 Å². The number of nitro groups is 1. The van der Waals surface area contributed by atoms with Crippen LogP contribution >= 0.6 is 0 Å². The van der Waals surface area contributed by atoms with Crippen LogP contribution in [0.3, 0.4) is 0 Å². The molecule has 112 valence electrons. The summed E-state index contributed by atoms with van der Waals surface area (Å²) in [5, 5.41) is 17.0. The van der Waals surface area contributed by atoms with Crippen LogP contribution < -0.4 is 10.6 Å². The van der Waals surface area contributed by atoms with E-state index >= 15 is 0 Å². The highest BCUT2D eigenvalue weighted by Crippen LogP contribution is 2.32. The molecule has 1 aromatic carbocycles. The molecule has 0 amide bonds. The van der Waals surface area contributed by atoms with Gasteiger partial charge < -0.3 is 15.4 Å². The third-order valence-electron chi connectivity index (χ3n) is 2.72. The second-order valence-electron chi connectivity index (χ2n) is 4.96. The van der Waals surface area contributed by atoms with Crippen molar-refractivity contribution in [3.8, 4) is 0 Å². The van der Waals surface area contributed by atoms with Crippen LogP contribution in [0, 0.1) is 16.0 Å². The third kappa shape index (κ3) is 5.05. The van der Waals surface area contributed by atoms with Gasteiger partial charge in [0.15, 0.2) is 0 Å². The molecule has 0 aromatic heterocycles. The average Bonchev–Trinajstić information content (AvgIpc) is 2.41.